The Morgan fingerprint density at radius 1 is 1.14 bits per heavy atom. The van der Waals surface area contributed by atoms with E-state index >= 15 is 0 Å². The van der Waals surface area contributed by atoms with Crippen molar-refractivity contribution in [3.63, 3.8) is 0 Å². The number of nitrogens with one attached hydrogen (secondary N) is 1. The zero-order valence-electron chi connectivity index (χ0n) is 12.2. The van der Waals surface area contributed by atoms with Crippen molar-refractivity contribution < 1.29 is 9.72 Å². The Bertz CT molecular complexity index is 689. The van der Waals surface area contributed by atoms with E-state index in [1.165, 1.54) is 23.8 Å². The fourth-order valence-electron chi connectivity index (χ4n) is 1.89. The van der Waals surface area contributed by atoms with Gasteiger partial charge in [-0.15, -0.1) is 0 Å². The van der Waals surface area contributed by atoms with Crippen molar-refractivity contribution in [2.45, 2.75) is 13.3 Å². The summed E-state index contributed by atoms with van der Waals surface area (Å²) in [6.07, 6.45) is 3.96. The second-order valence-corrected chi connectivity index (χ2v) is 4.72. The van der Waals surface area contributed by atoms with Gasteiger partial charge in [-0.2, -0.15) is 0 Å². The second-order valence-electron chi connectivity index (χ2n) is 4.72. The molecule has 2 aromatic rings. The molecule has 1 amide bonds. The quantitative estimate of drug-likeness (QED) is 0.518. The Hall–Kier alpha value is -2.95. The predicted octanol–water partition coefficient (Wildman–Crippen LogP) is 3.81. The van der Waals surface area contributed by atoms with Gasteiger partial charge < -0.3 is 5.32 Å². The molecule has 2 rings (SSSR count). The number of anilines is 1. The third-order valence-corrected chi connectivity index (χ3v) is 3.16. The average molecular weight is 296 g/mol. The molecular weight excluding hydrogens is 280 g/mol. The van der Waals surface area contributed by atoms with Crippen LogP contribution in [-0.2, 0) is 11.2 Å². The molecule has 2 aromatic carbocycles. The fourth-order valence-corrected chi connectivity index (χ4v) is 1.89. The third kappa shape index (κ3) is 4.28. The summed E-state index contributed by atoms with van der Waals surface area (Å²) in [4.78, 5) is 21.9. The van der Waals surface area contributed by atoms with Gasteiger partial charge in [0.25, 0.3) is 5.69 Å². The van der Waals surface area contributed by atoms with Crippen LogP contribution in [-0.4, -0.2) is 10.8 Å². The first-order valence-electron chi connectivity index (χ1n) is 6.91. The van der Waals surface area contributed by atoms with E-state index in [4.69, 9.17) is 0 Å². The largest absolute Gasteiger partial charge is 0.323 e. The smallest absolute Gasteiger partial charge is 0.269 e. The number of carbonyl (C=O) groups is 1. The molecule has 0 aliphatic carbocycles. The summed E-state index contributed by atoms with van der Waals surface area (Å²) in [5.41, 5.74) is 2.69. The minimum atomic E-state index is -0.458. The number of amides is 1. The number of hydrogen-bond donors (Lipinski definition) is 1. The third-order valence-electron chi connectivity index (χ3n) is 3.16. The number of aryl methyl sites for hydroxylation is 1. The highest BCUT2D eigenvalue weighted by Gasteiger charge is 2.03. The summed E-state index contributed by atoms with van der Waals surface area (Å²) in [5, 5.41) is 13.3. The normalized spacial score (nSPS) is 10.6. The van der Waals surface area contributed by atoms with Crippen LogP contribution in [0, 0.1) is 10.1 Å². The molecule has 0 atom stereocenters. The highest BCUT2D eigenvalue weighted by molar-refractivity contribution is 6.01. The van der Waals surface area contributed by atoms with Crippen molar-refractivity contribution in [1.29, 1.82) is 0 Å². The Morgan fingerprint density at radius 2 is 1.77 bits per heavy atom. The maximum Gasteiger partial charge on any atom is 0.269 e. The summed E-state index contributed by atoms with van der Waals surface area (Å²) in [7, 11) is 0. The van der Waals surface area contributed by atoms with Crippen molar-refractivity contribution in [2.24, 2.45) is 0 Å². The van der Waals surface area contributed by atoms with Crippen LogP contribution < -0.4 is 5.32 Å². The minimum absolute atomic E-state index is 0.0256. The van der Waals surface area contributed by atoms with Crippen LogP contribution in [0.4, 0.5) is 11.4 Å². The molecule has 22 heavy (non-hydrogen) atoms. The highest BCUT2D eigenvalue weighted by Crippen LogP contribution is 2.13. The monoisotopic (exact) mass is 296 g/mol. The molecule has 0 saturated carbocycles. The first-order valence-corrected chi connectivity index (χ1v) is 6.91. The van der Waals surface area contributed by atoms with Crippen molar-refractivity contribution in [3.05, 3.63) is 75.8 Å². The molecule has 1 N–H and O–H groups in total. The van der Waals surface area contributed by atoms with E-state index in [0.29, 0.717) is 0 Å². The van der Waals surface area contributed by atoms with Gasteiger partial charge in [-0.1, -0.05) is 19.1 Å². The Labute approximate surface area is 128 Å². The van der Waals surface area contributed by atoms with Gasteiger partial charge >= 0.3 is 0 Å². The van der Waals surface area contributed by atoms with Crippen molar-refractivity contribution in [3.8, 4) is 0 Å². The molecule has 0 unspecified atom stereocenters. The molecular formula is C17H16N2O3. The second kappa shape index (κ2) is 7.17. The van der Waals surface area contributed by atoms with E-state index < -0.39 is 4.92 Å². The van der Waals surface area contributed by atoms with Gasteiger partial charge in [0, 0.05) is 23.9 Å². The highest BCUT2D eigenvalue weighted by atomic mass is 16.6. The molecule has 0 bridgehead atoms. The number of nitro benzene ring substituents is 1. The van der Waals surface area contributed by atoms with Crippen LogP contribution in [0.1, 0.15) is 18.1 Å². The molecule has 0 radical (unpaired) electrons. The lowest BCUT2D eigenvalue weighted by Crippen LogP contribution is -2.07. The van der Waals surface area contributed by atoms with E-state index in [0.717, 1.165) is 17.7 Å². The molecule has 0 spiro atoms. The van der Waals surface area contributed by atoms with Crippen molar-refractivity contribution in [1.82, 2.24) is 0 Å². The van der Waals surface area contributed by atoms with E-state index in [1.807, 2.05) is 24.3 Å². The molecule has 0 aliphatic rings. The van der Waals surface area contributed by atoms with Gasteiger partial charge in [0.05, 0.1) is 4.92 Å². The summed E-state index contributed by atoms with van der Waals surface area (Å²) < 4.78 is 0. The molecule has 0 aliphatic heterocycles. The van der Waals surface area contributed by atoms with Gasteiger partial charge in [-0.05, 0) is 47.9 Å². The fraction of sp³-hybridized carbons (Fsp3) is 0.118. The number of nitrogens with zero attached hydrogens (tertiary/aromatic N) is 1. The predicted molar refractivity (Wildman–Crippen MR) is 86.6 cm³/mol. The molecule has 5 nitrogen and oxygen atoms in total. The van der Waals surface area contributed by atoms with Crippen LogP contribution in [0.5, 0.6) is 0 Å². The van der Waals surface area contributed by atoms with Gasteiger partial charge in [0.2, 0.25) is 5.91 Å². The van der Waals surface area contributed by atoms with Crippen LogP contribution >= 0.6 is 0 Å². The summed E-state index contributed by atoms with van der Waals surface area (Å²) in [6.45, 7) is 2.07. The van der Waals surface area contributed by atoms with Crippen molar-refractivity contribution >= 4 is 23.4 Å². The molecule has 0 fully saturated rings. The zero-order valence-corrected chi connectivity index (χ0v) is 12.2. The molecule has 112 valence electrons. The van der Waals surface area contributed by atoms with Crippen LogP contribution in [0.2, 0.25) is 0 Å². The summed E-state index contributed by atoms with van der Waals surface area (Å²) >= 11 is 0. The van der Waals surface area contributed by atoms with E-state index in [1.54, 1.807) is 18.2 Å². The lowest BCUT2D eigenvalue weighted by molar-refractivity contribution is -0.384. The maximum absolute atomic E-state index is 11.8. The molecule has 0 saturated heterocycles. The molecule has 0 heterocycles. The van der Waals surface area contributed by atoms with E-state index in [9.17, 15) is 14.9 Å². The Balaban J connectivity index is 1.96. The van der Waals surface area contributed by atoms with E-state index in [2.05, 4.69) is 12.2 Å². The minimum Gasteiger partial charge on any atom is -0.323 e. The van der Waals surface area contributed by atoms with Crippen molar-refractivity contribution in [2.75, 3.05) is 5.32 Å². The first kappa shape index (κ1) is 15.4. The van der Waals surface area contributed by atoms with Crippen LogP contribution in [0.3, 0.4) is 0 Å². The van der Waals surface area contributed by atoms with Gasteiger partial charge in [0.1, 0.15) is 0 Å². The van der Waals surface area contributed by atoms with Gasteiger partial charge in [0.15, 0.2) is 0 Å². The molecule has 5 heteroatoms. The molecule has 0 aromatic heterocycles. The SMILES string of the molecule is CCc1ccc(NC(=O)/C=C/c2ccc([N+](=O)[O-])cc2)cc1. The first-order chi connectivity index (χ1) is 10.6. The summed E-state index contributed by atoms with van der Waals surface area (Å²) in [6, 6.07) is 13.6. The lowest BCUT2D eigenvalue weighted by Gasteiger charge is -2.03. The zero-order chi connectivity index (χ0) is 15.9. The number of non-ortho nitro benzene ring substituents is 1. The number of benzene rings is 2. The maximum atomic E-state index is 11.8. The number of rotatable bonds is 5. The average Bonchev–Trinajstić information content (AvgIpc) is 2.54. The van der Waals surface area contributed by atoms with Crippen LogP contribution in [0.25, 0.3) is 6.08 Å². The lowest BCUT2D eigenvalue weighted by atomic mass is 10.1. The number of nitro groups is 1. The van der Waals surface area contributed by atoms with E-state index in [-0.39, 0.29) is 11.6 Å². The van der Waals surface area contributed by atoms with Gasteiger partial charge in [-0.3, -0.25) is 14.9 Å². The number of hydrogen-bond acceptors (Lipinski definition) is 3. The van der Waals surface area contributed by atoms with Gasteiger partial charge in [-0.25, -0.2) is 0 Å². The van der Waals surface area contributed by atoms with Crippen LogP contribution in [0.15, 0.2) is 54.6 Å². The topological polar surface area (TPSA) is 72.2 Å². The standard InChI is InChI=1S/C17H16N2O3/c1-2-13-3-8-15(9-4-13)18-17(20)12-7-14-5-10-16(11-6-14)19(21)22/h3-12H,2H2,1H3,(H,18,20)/b12-7+. The number of carbonyl (C=O) groups excluding carboxylic acids is 1. The summed E-state index contributed by atoms with van der Waals surface area (Å²) in [5.74, 6) is -0.248. The Morgan fingerprint density at radius 3 is 2.32 bits per heavy atom. The Kier molecular flexibility index (Phi) is 5.03.